The zero-order valence-corrected chi connectivity index (χ0v) is 10.3. The Bertz CT molecular complexity index is 334. The normalized spacial score (nSPS) is 18.7. The molecule has 0 aliphatic carbocycles. The highest BCUT2D eigenvalue weighted by Crippen LogP contribution is 2.07. The fraction of sp³-hybridized carbons (Fsp3) is 0.818. The lowest BCUT2D eigenvalue weighted by atomic mass is 10.3. The first-order chi connectivity index (χ1) is 8.25. The van der Waals surface area contributed by atoms with Gasteiger partial charge in [0, 0.05) is 20.1 Å². The molecule has 1 aromatic rings. The second kappa shape index (κ2) is 6.09. The maximum absolute atomic E-state index is 9.86. The van der Waals surface area contributed by atoms with E-state index in [0.29, 0.717) is 13.1 Å². The highest BCUT2D eigenvalue weighted by molar-refractivity contribution is 4.83. The van der Waals surface area contributed by atoms with Crippen LogP contribution in [-0.4, -0.2) is 57.1 Å². The minimum Gasteiger partial charge on any atom is -0.390 e. The number of aryl methyl sites for hydroxylation is 1. The Hall–Kier alpha value is -0.980. The summed E-state index contributed by atoms with van der Waals surface area (Å²) < 4.78 is 1.87. The molecular weight excluding hydrogens is 218 g/mol. The summed E-state index contributed by atoms with van der Waals surface area (Å²) in [4.78, 5) is 2.31. The molecule has 1 aromatic heterocycles. The number of nitrogens with one attached hydrogen (secondary N) is 1. The molecule has 6 nitrogen and oxygen atoms in total. The number of aliphatic hydroxyl groups is 1. The first-order valence-electron chi connectivity index (χ1n) is 6.19. The van der Waals surface area contributed by atoms with Gasteiger partial charge >= 0.3 is 0 Å². The van der Waals surface area contributed by atoms with Gasteiger partial charge in [-0.25, -0.2) is 0 Å². The zero-order chi connectivity index (χ0) is 12.1. The standard InChI is InChI=1S/C11H21N5O/c1-15-9-13-14-11(15)7-12-6-10(17)8-16-4-2-3-5-16/h9-10,12,17H,2-8H2,1H3. The van der Waals surface area contributed by atoms with E-state index < -0.39 is 0 Å². The molecule has 0 amide bonds. The van der Waals surface area contributed by atoms with Crippen molar-refractivity contribution in [3.05, 3.63) is 12.2 Å². The highest BCUT2D eigenvalue weighted by atomic mass is 16.3. The Morgan fingerprint density at radius 3 is 2.88 bits per heavy atom. The van der Waals surface area contributed by atoms with E-state index in [-0.39, 0.29) is 6.10 Å². The van der Waals surface area contributed by atoms with Crippen molar-refractivity contribution in [2.24, 2.45) is 7.05 Å². The van der Waals surface area contributed by atoms with Crippen molar-refractivity contribution in [3.8, 4) is 0 Å². The largest absolute Gasteiger partial charge is 0.390 e. The lowest BCUT2D eigenvalue weighted by molar-refractivity contribution is 0.123. The van der Waals surface area contributed by atoms with Gasteiger partial charge in [-0.15, -0.1) is 10.2 Å². The van der Waals surface area contributed by atoms with Gasteiger partial charge in [0.25, 0.3) is 0 Å². The van der Waals surface area contributed by atoms with Gasteiger partial charge in [-0.2, -0.15) is 0 Å². The van der Waals surface area contributed by atoms with Gasteiger partial charge in [0.15, 0.2) is 0 Å². The summed E-state index contributed by atoms with van der Waals surface area (Å²) in [5.41, 5.74) is 0. The van der Waals surface area contributed by atoms with Gasteiger partial charge in [-0.05, 0) is 25.9 Å². The highest BCUT2D eigenvalue weighted by Gasteiger charge is 2.15. The summed E-state index contributed by atoms with van der Waals surface area (Å²) in [5.74, 6) is 0.887. The minimum absolute atomic E-state index is 0.304. The van der Waals surface area contributed by atoms with E-state index in [1.54, 1.807) is 6.33 Å². The van der Waals surface area contributed by atoms with Crippen LogP contribution in [0.4, 0.5) is 0 Å². The van der Waals surface area contributed by atoms with Crippen molar-refractivity contribution in [3.63, 3.8) is 0 Å². The number of β-amino-alcohol motifs (C(OH)–C–C–N with tert-alkyl or cyclic N) is 1. The molecule has 0 spiro atoms. The molecule has 1 atom stereocenters. The Morgan fingerprint density at radius 2 is 2.24 bits per heavy atom. The van der Waals surface area contributed by atoms with E-state index in [1.807, 2.05) is 11.6 Å². The predicted octanol–water partition coefficient (Wildman–Crippen LogP) is -0.639. The van der Waals surface area contributed by atoms with Crippen LogP contribution in [0.1, 0.15) is 18.7 Å². The summed E-state index contributed by atoms with van der Waals surface area (Å²) in [7, 11) is 1.91. The SMILES string of the molecule is Cn1cnnc1CNCC(O)CN1CCCC1. The van der Waals surface area contributed by atoms with Crippen molar-refractivity contribution < 1.29 is 5.11 Å². The molecule has 0 radical (unpaired) electrons. The Kier molecular flexibility index (Phi) is 4.47. The molecule has 1 unspecified atom stereocenters. The number of aliphatic hydroxyl groups excluding tert-OH is 1. The number of rotatable bonds is 6. The molecular formula is C11H21N5O. The molecule has 1 fully saturated rings. The lowest BCUT2D eigenvalue weighted by Gasteiger charge is -2.19. The fourth-order valence-electron chi connectivity index (χ4n) is 2.15. The topological polar surface area (TPSA) is 66.2 Å². The third kappa shape index (κ3) is 3.76. The summed E-state index contributed by atoms with van der Waals surface area (Å²) in [6.07, 6.45) is 3.90. The molecule has 2 rings (SSSR count). The molecule has 0 bridgehead atoms. The molecule has 2 heterocycles. The molecule has 1 saturated heterocycles. The molecule has 1 aliphatic rings. The Balaban J connectivity index is 1.62. The van der Waals surface area contributed by atoms with Crippen molar-refractivity contribution in [1.29, 1.82) is 0 Å². The van der Waals surface area contributed by atoms with Crippen LogP contribution in [0.15, 0.2) is 6.33 Å². The number of nitrogens with zero attached hydrogens (tertiary/aromatic N) is 4. The molecule has 96 valence electrons. The van der Waals surface area contributed by atoms with Crippen LogP contribution in [0.25, 0.3) is 0 Å². The number of aromatic nitrogens is 3. The summed E-state index contributed by atoms with van der Waals surface area (Å²) in [5, 5.41) is 20.8. The van der Waals surface area contributed by atoms with Gasteiger partial charge < -0.3 is 19.9 Å². The van der Waals surface area contributed by atoms with Crippen LogP contribution < -0.4 is 5.32 Å². The number of hydrogen-bond acceptors (Lipinski definition) is 5. The maximum Gasteiger partial charge on any atom is 0.146 e. The van der Waals surface area contributed by atoms with Gasteiger partial charge in [-0.1, -0.05) is 0 Å². The molecule has 1 aliphatic heterocycles. The van der Waals surface area contributed by atoms with Crippen molar-refractivity contribution >= 4 is 0 Å². The third-order valence-electron chi connectivity index (χ3n) is 3.14. The monoisotopic (exact) mass is 239 g/mol. The van der Waals surface area contributed by atoms with E-state index >= 15 is 0 Å². The van der Waals surface area contributed by atoms with Crippen molar-refractivity contribution in [2.75, 3.05) is 26.2 Å². The third-order valence-corrected chi connectivity index (χ3v) is 3.14. The number of hydrogen-bond donors (Lipinski definition) is 2. The Morgan fingerprint density at radius 1 is 1.47 bits per heavy atom. The van der Waals surface area contributed by atoms with Crippen LogP contribution in [0.5, 0.6) is 0 Å². The lowest BCUT2D eigenvalue weighted by Crippen LogP contribution is -2.37. The quantitative estimate of drug-likeness (QED) is 0.691. The first-order valence-corrected chi connectivity index (χ1v) is 6.19. The maximum atomic E-state index is 9.86. The van der Waals surface area contributed by atoms with E-state index in [1.165, 1.54) is 12.8 Å². The summed E-state index contributed by atoms with van der Waals surface area (Å²) in [6, 6.07) is 0. The van der Waals surface area contributed by atoms with Gasteiger partial charge in [-0.3, -0.25) is 0 Å². The average Bonchev–Trinajstić information content (AvgIpc) is 2.91. The van der Waals surface area contributed by atoms with Crippen molar-refractivity contribution in [2.45, 2.75) is 25.5 Å². The Labute approximate surface area is 102 Å². The van der Waals surface area contributed by atoms with E-state index in [4.69, 9.17) is 0 Å². The van der Waals surface area contributed by atoms with E-state index in [2.05, 4.69) is 20.4 Å². The van der Waals surface area contributed by atoms with Gasteiger partial charge in [0.1, 0.15) is 12.2 Å². The summed E-state index contributed by atoms with van der Waals surface area (Å²) in [6.45, 7) is 4.27. The van der Waals surface area contributed by atoms with Gasteiger partial charge in [0.05, 0.1) is 12.6 Å². The van der Waals surface area contributed by atoms with Gasteiger partial charge in [0.2, 0.25) is 0 Å². The van der Waals surface area contributed by atoms with Crippen LogP contribution in [0.3, 0.4) is 0 Å². The van der Waals surface area contributed by atoms with E-state index in [9.17, 15) is 5.11 Å². The van der Waals surface area contributed by atoms with Crippen LogP contribution in [-0.2, 0) is 13.6 Å². The predicted molar refractivity (Wildman–Crippen MR) is 64.4 cm³/mol. The zero-order valence-electron chi connectivity index (χ0n) is 10.3. The first kappa shape index (κ1) is 12.5. The molecule has 6 heteroatoms. The number of likely N-dealkylation sites (tertiary alicyclic amines) is 1. The minimum atomic E-state index is -0.304. The smallest absolute Gasteiger partial charge is 0.146 e. The second-order valence-electron chi connectivity index (χ2n) is 4.65. The van der Waals surface area contributed by atoms with Crippen molar-refractivity contribution in [1.82, 2.24) is 25.0 Å². The van der Waals surface area contributed by atoms with Crippen LogP contribution >= 0.6 is 0 Å². The van der Waals surface area contributed by atoms with E-state index in [0.717, 1.165) is 25.5 Å². The average molecular weight is 239 g/mol. The second-order valence-corrected chi connectivity index (χ2v) is 4.65. The molecule has 0 aromatic carbocycles. The molecule has 2 N–H and O–H groups in total. The molecule has 0 saturated carbocycles. The summed E-state index contributed by atoms with van der Waals surface area (Å²) >= 11 is 0. The van der Waals surface area contributed by atoms with Crippen LogP contribution in [0, 0.1) is 0 Å². The van der Waals surface area contributed by atoms with Crippen LogP contribution in [0.2, 0.25) is 0 Å². The molecule has 17 heavy (non-hydrogen) atoms. The fourth-order valence-corrected chi connectivity index (χ4v) is 2.15.